The quantitative estimate of drug-likeness (QED) is 0.564. The molecule has 8 heteroatoms. The number of aliphatic imine (C=N–C) groups is 1. The van der Waals surface area contributed by atoms with Crippen molar-refractivity contribution >= 4 is 16.8 Å². The van der Waals surface area contributed by atoms with Crippen LogP contribution >= 0.6 is 0 Å². The molecule has 0 aromatic carbocycles. The van der Waals surface area contributed by atoms with E-state index in [1.807, 2.05) is 25.3 Å². The van der Waals surface area contributed by atoms with Gasteiger partial charge in [0.2, 0.25) is 0 Å². The van der Waals surface area contributed by atoms with Crippen molar-refractivity contribution in [3.05, 3.63) is 12.2 Å². The maximum absolute atomic E-state index is 12.0. The fraction of sp³-hybridized carbons (Fsp3) is 0.786. The van der Waals surface area contributed by atoms with Crippen LogP contribution in [0.25, 0.3) is 0 Å². The minimum absolute atomic E-state index is 0.177. The van der Waals surface area contributed by atoms with Crippen molar-refractivity contribution in [1.29, 1.82) is 0 Å². The van der Waals surface area contributed by atoms with Crippen molar-refractivity contribution in [2.75, 3.05) is 25.9 Å². The summed E-state index contributed by atoms with van der Waals surface area (Å²) in [5.41, 5.74) is 0. The van der Waals surface area contributed by atoms with Gasteiger partial charge in [-0.05, 0) is 20.8 Å². The third-order valence-corrected chi connectivity index (χ3v) is 5.08. The van der Waals surface area contributed by atoms with Gasteiger partial charge in [0, 0.05) is 54.4 Å². The minimum atomic E-state index is -0.856. The van der Waals surface area contributed by atoms with E-state index in [-0.39, 0.29) is 4.75 Å². The summed E-state index contributed by atoms with van der Waals surface area (Å²) in [5.74, 6) is 2.30. The van der Waals surface area contributed by atoms with E-state index in [4.69, 9.17) is 0 Å². The molecule has 1 aromatic rings. The highest BCUT2D eigenvalue weighted by Gasteiger charge is 2.18. The number of aryl methyl sites for hydroxylation is 1. The van der Waals surface area contributed by atoms with Crippen molar-refractivity contribution in [3.8, 4) is 0 Å². The lowest BCUT2D eigenvalue weighted by Gasteiger charge is -2.18. The molecule has 0 spiro atoms. The van der Waals surface area contributed by atoms with Gasteiger partial charge in [0.05, 0.1) is 0 Å². The fourth-order valence-corrected chi connectivity index (χ4v) is 2.72. The van der Waals surface area contributed by atoms with Crippen molar-refractivity contribution in [3.63, 3.8) is 0 Å². The van der Waals surface area contributed by atoms with E-state index in [1.54, 1.807) is 13.4 Å². The van der Waals surface area contributed by atoms with E-state index in [2.05, 4.69) is 32.7 Å². The van der Waals surface area contributed by atoms with Crippen LogP contribution in [-0.4, -0.2) is 55.6 Å². The molecule has 126 valence electrons. The lowest BCUT2D eigenvalue weighted by Crippen LogP contribution is -2.41. The summed E-state index contributed by atoms with van der Waals surface area (Å²) in [6.45, 7) is 10.2. The molecule has 1 unspecified atom stereocenters. The molecule has 1 heterocycles. The number of nitrogens with zero attached hydrogens (tertiary/aromatic N) is 4. The Labute approximate surface area is 135 Å². The highest BCUT2D eigenvalue weighted by molar-refractivity contribution is 7.86. The average molecular weight is 328 g/mol. The Bertz CT molecular complexity index is 506. The van der Waals surface area contributed by atoms with Crippen LogP contribution in [0.1, 0.15) is 33.5 Å². The summed E-state index contributed by atoms with van der Waals surface area (Å²) in [6, 6.07) is 0. The molecule has 0 saturated heterocycles. The molecule has 0 aliphatic rings. The lowest BCUT2D eigenvalue weighted by atomic mass is 10.3. The molecule has 0 bridgehead atoms. The zero-order chi connectivity index (χ0) is 16.6. The number of hydrogen-bond donors (Lipinski definition) is 2. The molecule has 0 saturated carbocycles. The Balaban J connectivity index is 2.30. The smallest absolute Gasteiger partial charge is 0.191 e. The molecule has 0 radical (unpaired) electrons. The van der Waals surface area contributed by atoms with Gasteiger partial charge in [0.15, 0.2) is 5.96 Å². The van der Waals surface area contributed by atoms with Gasteiger partial charge in [0.25, 0.3) is 0 Å². The van der Waals surface area contributed by atoms with Crippen LogP contribution in [-0.2, 0) is 23.8 Å². The fourth-order valence-electron chi connectivity index (χ4n) is 1.82. The second-order valence-electron chi connectivity index (χ2n) is 5.88. The summed E-state index contributed by atoms with van der Waals surface area (Å²) in [6.07, 6.45) is 2.61. The summed E-state index contributed by atoms with van der Waals surface area (Å²) in [5, 5.41) is 14.4. The second kappa shape index (κ2) is 8.87. The van der Waals surface area contributed by atoms with Crippen LogP contribution in [0.15, 0.2) is 11.3 Å². The third kappa shape index (κ3) is 6.13. The molecule has 1 aromatic heterocycles. The monoisotopic (exact) mass is 328 g/mol. The first-order chi connectivity index (χ1) is 10.4. The van der Waals surface area contributed by atoms with Crippen LogP contribution in [0.2, 0.25) is 0 Å². The standard InChI is InChI=1S/C14H28N6OS/c1-6-12-19-18-11-20(12)9-7-16-13(15-5)17-8-10-22(21)14(2,3)4/h11H,6-10H2,1-5H3,(H2,15,16,17). The van der Waals surface area contributed by atoms with Gasteiger partial charge in [0.1, 0.15) is 12.2 Å². The molecule has 0 aliphatic carbocycles. The normalized spacial score (nSPS) is 14.0. The zero-order valence-corrected chi connectivity index (χ0v) is 15.0. The predicted octanol–water partition coefficient (Wildman–Crippen LogP) is 0.553. The van der Waals surface area contributed by atoms with Gasteiger partial charge in [-0.1, -0.05) is 6.92 Å². The van der Waals surface area contributed by atoms with Gasteiger partial charge in [-0.3, -0.25) is 9.20 Å². The van der Waals surface area contributed by atoms with E-state index in [0.717, 1.165) is 31.3 Å². The molecule has 7 nitrogen and oxygen atoms in total. The van der Waals surface area contributed by atoms with Crippen LogP contribution in [0, 0.1) is 0 Å². The van der Waals surface area contributed by atoms with Crippen LogP contribution in [0.3, 0.4) is 0 Å². The van der Waals surface area contributed by atoms with Crippen LogP contribution in [0.4, 0.5) is 0 Å². The molecular weight excluding hydrogens is 300 g/mol. The van der Waals surface area contributed by atoms with E-state index in [0.29, 0.717) is 12.3 Å². The summed E-state index contributed by atoms with van der Waals surface area (Å²) in [4.78, 5) is 4.16. The second-order valence-corrected chi connectivity index (χ2v) is 8.21. The maximum Gasteiger partial charge on any atom is 0.191 e. The lowest BCUT2D eigenvalue weighted by molar-refractivity contribution is 0.632. The van der Waals surface area contributed by atoms with Crippen molar-refractivity contribution in [2.45, 2.75) is 45.4 Å². The van der Waals surface area contributed by atoms with Gasteiger partial charge < -0.3 is 15.2 Å². The van der Waals surface area contributed by atoms with Gasteiger partial charge in [-0.15, -0.1) is 10.2 Å². The SMILES string of the molecule is CCc1nncn1CCNC(=NC)NCCS(=O)C(C)(C)C. The Morgan fingerprint density at radius 3 is 2.64 bits per heavy atom. The zero-order valence-electron chi connectivity index (χ0n) is 14.2. The highest BCUT2D eigenvalue weighted by Crippen LogP contribution is 2.10. The topological polar surface area (TPSA) is 84.2 Å². The van der Waals surface area contributed by atoms with Gasteiger partial charge in [-0.2, -0.15) is 0 Å². The highest BCUT2D eigenvalue weighted by atomic mass is 32.2. The molecule has 22 heavy (non-hydrogen) atoms. The molecule has 2 N–H and O–H groups in total. The first-order valence-corrected chi connectivity index (χ1v) is 8.90. The number of guanidine groups is 1. The molecule has 1 atom stereocenters. The Morgan fingerprint density at radius 2 is 2.05 bits per heavy atom. The molecule has 0 aliphatic heterocycles. The van der Waals surface area contributed by atoms with E-state index in [9.17, 15) is 4.21 Å². The van der Waals surface area contributed by atoms with Gasteiger partial charge >= 0.3 is 0 Å². The number of aromatic nitrogens is 3. The summed E-state index contributed by atoms with van der Waals surface area (Å²) >= 11 is 0. The average Bonchev–Trinajstić information content (AvgIpc) is 2.91. The maximum atomic E-state index is 12.0. The first-order valence-electron chi connectivity index (χ1n) is 7.58. The van der Waals surface area contributed by atoms with E-state index in [1.165, 1.54) is 0 Å². The minimum Gasteiger partial charge on any atom is -0.355 e. The van der Waals surface area contributed by atoms with E-state index < -0.39 is 10.8 Å². The van der Waals surface area contributed by atoms with E-state index >= 15 is 0 Å². The van der Waals surface area contributed by atoms with Gasteiger partial charge in [-0.25, -0.2) is 0 Å². The number of rotatable bonds is 7. The van der Waals surface area contributed by atoms with Crippen molar-refractivity contribution in [2.24, 2.45) is 4.99 Å². The van der Waals surface area contributed by atoms with Crippen molar-refractivity contribution in [1.82, 2.24) is 25.4 Å². The first kappa shape index (κ1) is 18.6. The number of hydrogen-bond acceptors (Lipinski definition) is 4. The Morgan fingerprint density at radius 1 is 1.36 bits per heavy atom. The van der Waals surface area contributed by atoms with Crippen LogP contribution in [0.5, 0.6) is 0 Å². The Hall–Kier alpha value is -1.44. The Kier molecular flexibility index (Phi) is 7.50. The molecule has 0 fully saturated rings. The summed E-state index contributed by atoms with van der Waals surface area (Å²) < 4.78 is 13.8. The number of nitrogens with one attached hydrogen (secondary N) is 2. The predicted molar refractivity (Wildman–Crippen MR) is 91.5 cm³/mol. The molecule has 0 amide bonds. The largest absolute Gasteiger partial charge is 0.355 e. The van der Waals surface area contributed by atoms with Crippen molar-refractivity contribution < 1.29 is 4.21 Å². The molecule has 1 rings (SSSR count). The summed E-state index contributed by atoms with van der Waals surface area (Å²) in [7, 11) is 0.872. The van der Waals surface area contributed by atoms with Crippen LogP contribution < -0.4 is 10.6 Å². The molecular formula is C14H28N6OS. The third-order valence-electron chi connectivity index (χ3n) is 3.14.